The molecule has 0 aliphatic heterocycles. The largest absolute Gasteiger partial charge is 0.497 e. The SMILES string of the molecule is COc1ccc(C(=O)Nc2cccc(NC(=O)Nc3ccccc3)c2)c(OC)c1. The van der Waals surface area contributed by atoms with Crippen LogP contribution in [-0.4, -0.2) is 26.2 Å². The van der Waals surface area contributed by atoms with Gasteiger partial charge in [-0.15, -0.1) is 0 Å². The zero-order valence-electron chi connectivity index (χ0n) is 16.1. The Morgan fingerprint density at radius 1 is 0.690 bits per heavy atom. The van der Waals surface area contributed by atoms with Crippen molar-refractivity contribution in [3.8, 4) is 11.5 Å². The van der Waals surface area contributed by atoms with Crippen LogP contribution in [0.3, 0.4) is 0 Å². The van der Waals surface area contributed by atoms with E-state index in [4.69, 9.17) is 9.47 Å². The number of ether oxygens (including phenoxy) is 2. The zero-order valence-corrected chi connectivity index (χ0v) is 16.1. The standard InChI is InChI=1S/C22H21N3O4/c1-28-18-11-12-19(20(14-18)29-2)21(26)23-16-9-6-10-17(13-16)25-22(27)24-15-7-4-3-5-8-15/h3-14H,1-2H3,(H,23,26)(H2,24,25,27). The molecule has 3 aromatic carbocycles. The lowest BCUT2D eigenvalue weighted by molar-refractivity contribution is 0.102. The maximum atomic E-state index is 12.6. The van der Waals surface area contributed by atoms with E-state index >= 15 is 0 Å². The molecular formula is C22H21N3O4. The number of urea groups is 1. The first-order valence-corrected chi connectivity index (χ1v) is 8.85. The lowest BCUT2D eigenvalue weighted by Crippen LogP contribution is -2.19. The Bertz CT molecular complexity index is 1010. The smallest absolute Gasteiger partial charge is 0.323 e. The van der Waals surface area contributed by atoms with E-state index < -0.39 is 0 Å². The minimum Gasteiger partial charge on any atom is -0.497 e. The second-order valence-corrected chi connectivity index (χ2v) is 6.05. The molecule has 0 fully saturated rings. The van der Waals surface area contributed by atoms with Gasteiger partial charge >= 0.3 is 6.03 Å². The number of para-hydroxylation sites is 1. The molecule has 148 valence electrons. The number of amides is 3. The highest BCUT2D eigenvalue weighted by atomic mass is 16.5. The van der Waals surface area contributed by atoms with E-state index in [0.717, 1.165) is 0 Å². The Labute approximate surface area is 168 Å². The lowest BCUT2D eigenvalue weighted by Gasteiger charge is -2.12. The summed E-state index contributed by atoms with van der Waals surface area (Å²) in [6.07, 6.45) is 0. The number of nitrogens with one attached hydrogen (secondary N) is 3. The number of carbonyl (C=O) groups is 2. The summed E-state index contributed by atoms with van der Waals surface area (Å²) in [7, 11) is 3.03. The lowest BCUT2D eigenvalue weighted by atomic mass is 10.1. The molecule has 7 heteroatoms. The highest BCUT2D eigenvalue weighted by molar-refractivity contribution is 6.07. The van der Waals surface area contributed by atoms with Crippen LogP contribution in [0.2, 0.25) is 0 Å². The number of anilines is 3. The average Bonchev–Trinajstić information content (AvgIpc) is 2.74. The highest BCUT2D eigenvalue weighted by Gasteiger charge is 2.14. The van der Waals surface area contributed by atoms with Gasteiger partial charge in [-0.2, -0.15) is 0 Å². The maximum absolute atomic E-state index is 12.6. The van der Waals surface area contributed by atoms with Crippen molar-refractivity contribution in [2.75, 3.05) is 30.2 Å². The van der Waals surface area contributed by atoms with E-state index in [9.17, 15) is 9.59 Å². The summed E-state index contributed by atoms with van der Waals surface area (Å²) in [4.78, 5) is 24.8. The number of methoxy groups -OCH3 is 2. The van der Waals surface area contributed by atoms with Crippen LogP contribution in [0.25, 0.3) is 0 Å². The van der Waals surface area contributed by atoms with Gasteiger partial charge in [-0.3, -0.25) is 4.79 Å². The molecule has 3 rings (SSSR count). The van der Waals surface area contributed by atoms with Gasteiger partial charge in [0, 0.05) is 23.1 Å². The molecule has 0 saturated heterocycles. The first kappa shape index (κ1) is 19.8. The third kappa shape index (κ3) is 5.26. The van der Waals surface area contributed by atoms with Gasteiger partial charge in [0.1, 0.15) is 11.5 Å². The van der Waals surface area contributed by atoms with Gasteiger partial charge in [0.15, 0.2) is 0 Å². The summed E-state index contributed by atoms with van der Waals surface area (Å²) in [5, 5.41) is 8.28. The Balaban J connectivity index is 1.68. The first-order chi connectivity index (χ1) is 14.1. The summed E-state index contributed by atoms with van der Waals surface area (Å²) >= 11 is 0. The second-order valence-electron chi connectivity index (χ2n) is 6.05. The van der Waals surface area contributed by atoms with Crippen molar-refractivity contribution in [1.29, 1.82) is 0 Å². The molecule has 0 aliphatic carbocycles. The summed E-state index contributed by atoms with van der Waals surface area (Å²) in [6, 6.07) is 20.5. The van der Waals surface area contributed by atoms with Gasteiger partial charge in [-0.05, 0) is 42.5 Å². The Morgan fingerprint density at radius 3 is 2.03 bits per heavy atom. The van der Waals surface area contributed by atoms with Crippen molar-refractivity contribution in [2.45, 2.75) is 0 Å². The zero-order chi connectivity index (χ0) is 20.6. The van der Waals surface area contributed by atoms with Gasteiger partial charge in [0.2, 0.25) is 0 Å². The molecule has 0 unspecified atom stereocenters. The van der Waals surface area contributed by atoms with Crippen LogP contribution in [0.15, 0.2) is 72.8 Å². The molecule has 3 N–H and O–H groups in total. The van der Waals surface area contributed by atoms with Crippen LogP contribution < -0.4 is 25.4 Å². The minimum atomic E-state index is -0.378. The van der Waals surface area contributed by atoms with Crippen molar-refractivity contribution in [3.05, 3.63) is 78.4 Å². The summed E-state index contributed by atoms with van der Waals surface area (Å²) in [5.41, 5.74) is 2.12. The number of hydrogen-bond donors (Lipinski definition) is 3. The van der Waals surface area contributed by atoms with Gasteiger partial charge in [0.05, 0.1) is 19.8 Å². The second kappa shape index (κ2) is 9.27. The molecule has 29 heavy (non-hydrogen) atoms. The molecule has 3 amide bonds. The van der Waals surface area contributed by atoms with Crippen molar-refractivity contribution >= 4 is 29.0 Å². The minimum absolute atomic E-state index is 0.338. The van der Waals surface area contributed by atoms with E-state index in [-0.39, 0.29) is 11.9 Å². The van der Waals surface area contributed by atoms with E-state index in [0.29, 0.717) is 34.1 Å². The molecule has 0 bridgehead atoms. The summed E-state index contributed by atoms with van der Waals surface area (Å²) in [5.74, 6) is 0.655. The van der Waals surface area contributed by atoms with Crippen molar-refractivity contribution < 1.29 is 19.1 Å². The monoisotopic (exact) mass is 391 g/mol. The third-order valence-corrected chi connectivity index (χ3v) is 4.06. The molecule has 0 spiro atoms. The van der Waals surface area contributed by atoms with Crippen molar-refractivity contribution in [1.82, 2.24) is 0 Å². The first-order valence-electron chi connectivity index (χ1n) is 8.85. The number of hydrogen-bond acceptors (Lipinski definition) is 4. The summed E-state index contributed by atoms with van der Waals surface area (Å²) < 4.78 is 10.4. The Kier molecular flexibility index (Phi) is 6.32. The summed E-state index contributed by atoms with van der Waals surface area (Å²) in [6.45, 7) is 0. The number of benzene rings is 3. The maximum Gasteiger partial charge on any atom is 0.323 e. The Morgan fingerprint density at radius 2 is 1.34 bits per heavy atom. The fourth-order valence-electron chi connectivity index (χ4n) is 2.67. The quantitative estimate of drug-likeness (QED) is 0.573. The predicted molar refractivity (Wildman–Crippen MR) is 113 cm³/mol. The highest BCUT2D eigenvalue weighted by Crippen LogP contribution is 2.26. The van der Waals surface area contributed by atoms with Crippen LogP contribution in [0.5, 0.6) is 11.5 Å². The van der Waals surface area contributed by atoms with E-state index in [2.05, 4.69) is 16.0 Å². The van der Waals surface area contributed by atoms with E-state index in [1.807, 2.05) is 18.2 Å². The van der Waals surface area contributed by atoms with Crippen LogP contribution in [0.4, 0.5) is 21.9 Å². The topological polar surface area (TPSA) is 88.7 Å². The number of carbonyl (C=O) groups excluding carboxylic acids is 2. The van der Waals surface area contributed by atoms with Gasteiger partial charge < -0.3 is 25.4 Å². The molecule has 0 heterocycles. The third-order valence-electron chi connectivity index (χ3n) is 4.06. The molecule has 0 aromatic heterocycles. The van der Waals surface area contributed by atoms with E-state index in [1.165, 1.54) is 7.11 Å². The molecular weight excluding hydrogens is 370 g/mol. The van der Waals surface area contributed by atoms with Crippen LogP contribution in [0, 0.1) is 0 Å². The van der Waals surface area contributed by atoms with Crippen LogP contribution in [-0.2, 0) is 0 Å². The normalized spacial score (nSPS) is 10.0. The van der Waals surface area contributed by atoms with Gasteiger partial charge in [-0.25, -0.2) is 4.79 Å². The van der Waals surface area contributed by atoms with Crippen LogP contribution >= 0.6 is 0 Å². The number of rotatable bonds is 6. The van der Waals surface area contributed by atoms with Crippen LogP contribution in [0.1, 0.15) is 10.4 Å². The molecule has 0 aliphatic rings. The molecule has 7 nitrogen and oxygen atoms in total. The molecule has 0 atom stereocenters. The Hall–Kier alpha value is -4.00. The fraction of sp³-hybridized carbons (Fsp3) is 0.0909. The van der Waals surface area contributed by atoms with Gasteiger partial charge in [-0.1, -0.05) is 24.3 Å². The fourth-order valence-corrected chi connectivity index (χ4v) is 2.67. The van der Waals surface area contributed by atoms with Crippen molar-refractivity contribution in [3.63, 3.8) is 0 Å². The molecule has 0 saturated carbocycles. The van der Waals surface area contributed by atoms with E-state index in [1.54, 1.807) is 61.7 Å². The molecule has 3 aromatic rings. The van der Waals surface area contributed by atoms with Gasteiger partial charge in [0.25, 0.3) is 5.91 Å². The molecule has 0 radical (unpaired) electrons. The van der Waals surface area contributed by atoms with Crippen molar-refractivity contribution in [2.24, 2.45) is 0 Å². The predicted octanol–water partition coefficient (Wildman–Crippen LogP) is 4.60. The average molecular weight is 391 g/mol.